The highest BCUT2D eigenvalue weighted by molar-refractivity contribution is 7.79. The van der Waals surface area contributed by atoms with Crippen LogP contribution in [0, 0.1) is 0 Å². The Morgan fingerprint density at radius 3 is 2.08 bits per heavy atom. The molecule has 0 amide bonds. The predicted molar refractivity (Wildman–Crippen MR) is 45.0 cm³/mol. The van der Waals surface area contributed by atoms with Gasteiger partial charge in [0.15, 0.2) is 11.1 Å². The number of hydrogen-bond donors (Lipinski definition) is 1. The van der Waals surface area contributed by atoms with Crippen molar-refractivity contribution in [2.75, 3.05) is 0 Å². The molecule has 0 aliphatic carbocycles. The minimum Gasteiger partial charge on any atom is -0.302 e. The normalized spacial score (nSPS) is 14.2. The van der Waals surface area contributed by atoms with Gasteiger partial charge in [0, 0.05) is 12.5 Å². The van der Waals surface area contributed by atoms with Gasteiger partial charge < -0.3 is 4.55 Å². The van der Waals surface area contributed by atoms with Crippen molar-refractivity contribution in [3.8, 4) is 0 Å². The highest BCUT2D eigenvalue weighted by atomic mass is 32.2. The lowest BCUT2D eigenvalue weighted by Gasteiger charge is -2.09. The molecule has 1 aromatic carbocycles. The van der Waals surface area contributed by atoms with Gasteiger partial charge in [-0.2, -0.15) is 0 Å². The van der Waals surface area contributed by atoms with Crippen molar-refractivity contribution in [3.05, 3.63) is 29.8 Å². The minimum atomic E-state index is -2.91. The third-order valence-corrected chi connectivity index (χ3v) is 2.24. The fraction of sp³-hybridized carbons (Fsp3) is 0.250. The Morgan fingerprint density at radius 1 is 1.31 bits per heavy atom. The first kappa shape index (κ1) is 10.3. The molecule has 2 nitrogen and oxygen atoms in total. The molecule has 72 valence electrons. The average Bonchev–Trinajstić information content (AvgIpc) is 2.03. The summed E-state index contributed by atoms with van der Waals surface area (Å²) in [4.78, 5) is 0.119. The quantitative estimate of drug-likeness (QED) is 0.754. The summed E-state index contributed by atoms with van der Waals surface area (Å²) >= 11 is -2.11. The van der Waals surface area contributed by atoms with Crippen molar-refractivity contribution < 1.29 is 17.5 Å². The third-order valence-electron chi connectivity index (χ3n) is 1.56. The lowest BCUT2D eigenvalue weighted by molar-refractivity contribution is 0.0174. The predicted octanol–water partition coefficient (Wildman–Crippen LogP) is 2.38. The number of rotatable bonds is 2. The van der Waals surface area contributed by atoms with Crippen LogP contribution in [-0.2, 0) is 17.0 Å². The average molecular weight is 206 g/mol. The first-order valence-electron chi connectivity index (χ1n) is 3.50. The first-order valence-corrected chi connectivity index (χ1v) is 4.61. The molecule has 13 heavy (non-hydrogen) atoms. The second-order valence-corrected chi connectivity index (χ2v) is 3.63. The summed E-state index contributed by atoms with van der Waals surface area (Å²) < 4.78 is 44.4. The van der Waals surface area contributed by atoms with E-state index in [1.807, 2.05) is 0 Å². The molecule has 0 aromatic heterocycles. The zero-order valence-corrected chi connectivity index (χ0v) is 7.65. The molecule has 0 heterocycles. The molecule has 1 unspecified atom stereocenters. The molecule has 0 saturated heterocycles. The van der Waals surface area contributed by atoms with Crippen molar-refractivity contribution in [2.24, 2.45) is 0 Å². The van der Waals surface area contributed by atoms with Gasteiger partial charge in [-0.25, -0.2) is 13.0 Å². The van der Waals surface area contributed by atoms with E-state index in [2.05, 4.69) is 0 Å². The largest absolute Gasteiger partial charge is 0.302 e. The Kier molecular flexibility index (Phi) is 2.77. The molecule has 0 radical (unpaired) electrons. The molecule has 0 bridgehead atoms. The summed E-state index contributed by atoms with van der Waals surface area (Å²) in [5.41, 5.74) is -0.165. The molecule has 0 spiro atoms. The fourth-order valence-electron chi connectivity index (χ4n) is 0.864. The van der Waals surface area contributed by atoms with E-state index in [1.165, 1.54) is 12.1 Å². The van der Waals surface area contributed by atoms with Gasteiger partial charge in [-0.15, -0.1) is 0 Å². The highest BCUT2D eigenvalue weighted by Gasteiger charge is 2.23. The number of benzene rings is 1. The van der Waals surface area contributed by atoms with Gasteiger partial charge >= 0.3 is 0 Å². The maximum Gasteiger partial charge on any atom is 0.270 e. The summed E-state index contributed by atoms with van der Waals surface area (Å²) in [6.45, 7) is 0.776. The summed E-state index contributed by atoms with van der Waals surface area (Å²) in [6.07, 6.45) is 0. The summed E-state index contributed by atoms with van der Waals surface area (Å²) in [5, 5.41) is 0. The van der Waals surface area contributed by atoms with E-state index in [0.717, 1.165) is 19.1 Å². The monoisotopic (exact) mass is 206 g/mol. The van der Waals surface area contributed by atoms with Crippen LogP contribution in [-0.4, -0.2) is 8.76 Å². The number of halogens is 2. The van der Waals surface area contributed by atoms with Gasteiger partial charge in [0.05, 0.1) is 4.90 Å². The van der Waals surface area contributed by atoms with Gasteiger partial charge in [-0.3, -0.25) is 0 Å². The van der Waals surface area contributed by atoms with Gasteiger partial charge in [0.1, 0.15) is 0 Å². The van der Waals surface area contributed by atoms with Gasteiger partial charge in [0.2, 0.25) is 0 Å². The van der Waals surface area contributed by atoms with E-state index >= 15 is 0 Å². The maximum absolute atomic E-state index is 12.6. The Balaban J connectivity index is 3.01. The van der Waals surface area contributed by atoms with E-state index in [1.54, 1.807) is 0 Å². The van der Waals surface area contributed by atoms with E-state index in [9.17, 15) is 13.0 Å². The zero-order chi connectivity index (χ0) is 10.1. The Hall–Kier alpha value is -0.810. The van der Waals surface area contributed by atoms with Crippen LogP contribution in [0.3, 0.4) is 0 Å². The molecular formula is C8H8F2O2S. The molecule has 1 N–H and O–H groups in total. The Morgan fingerprint density at radius 2 is 1.77 bits per heavy atom. The van der Waals surface area contributed by atoms with Crippen molar-refractivity contribution >= 4 is 11.1 Å². The Labute approximate surface area is 76.9 Å². The maximum atomic E-state index is 12.6. The van der Waals surface area contributed by atoms with Gasteiger partial charge in [-0.05, 0) is 12.1 Å². The minimum absolute atomic E-state index is 0.119. The summed E-state index contributed by atoms with van der Waals surface area (Å²) in [7, 11) is 0. The molecule has 1 aromatic rings. The van der Waals surface area contributed by atoms with E-state index in [0.29, 0.717) is 0 Å². The zero-order valence-electron chi connectivity index (χ0n) is 6.83. The van der Waals surface area contributed by atoms with Crippen molar-refractivity contribution in [1.29, 1.82) is 0 Å². The van der Waals surface area contributed by atoms with Crippen LogP contribution in [0.2, 0.25) is 0 Å². The third kappa shape index (κ3) is 2.57. The number of hydrogen-bond acceptors (Lipinski definition) is 1. The number of alkyl halides is 2. The SMILES string of the molecule is CC(F)(F)c1ccc(S(=O)O)cc1. The highest BCUT2D eigenvalue weighted by Crippen LogP contribution is 2.26. The van der Waals surface area contributed by atoms with Crippen LogP contribution in [0.15, 0.2) is 29.2 Å². The summed E-state index contributed by atoms with van der Waals surface area (Å²) in [5.74, 6) is -2.91. The summed E-state index contributed by atoms with van der Waals surface area (Å²) in [6, 6.07) is 4.71. The lowest BCUT2D eigenvalue weighted by atomic mass is 10.1. The van der Waals surface area contributed by atoms with Crippen LogP contribution in [0.1, 0.15) is 12.5 Å². The van der Waals surface area contributed by atoms with Crippen molar-refractivity contribution in [3.63, 3.8) is 0 Å². The van der Waals surface area contributed by atoms with Gasteiger partial charge in [-0.1, -0.05) is 12.1 Å². The van der Waals surface area contributed by atoms with Crippen molar-refractivity contribution in [2.45, 2.75) is 17.7 Å². The van der Waals surface area contributed by atoms with E-state index in [4.69, 9.17) is 4.55 Å². The fourth-order valence-corrected chi connectivity index (χ4v) is 1.23. The topological polar surface area (TPSA) is 37.3 Å². The molecule has 0 saturated carbocycles. The second kappa shape index (κ2) is 3.51. The molecule has 5 heteroatoms. The lowest BCUT2D eigenvalue weighted by Crippen LogP contribution is -2.06. The van der Waals surface area contributed by atoms with Crippen LogP contribution >= 0.6 is 0 Å². The molecule has 1 rings (SSSR count). The van der Waals surface area contributed by atoms with Crippen LogP contribution in [0.4, 0.5) is 8.78 Å². The second-order valence-electron chi connectivity index (χ2n) is 2.66. The van der Waals surface area contributed by atoms with Crippen LogP contribution in [0.5, 0.6) is 0 Å². The van der Waals surface area contributed by atoms with Gasteiger partial charge in [0.25, 0.3) is 5.92 Å². The van der Waals surface area contributed by atoms with E-state index in [-0.39, 0.29) is 10.5 Å². The molecular weight excluding hydrogens is 198 g/mol. The van der Waals surface area contributed by atoms with Crippen LogP contribution in [0.25, 0.3) is 0 Å². The standard InChI is InChI=1S/C8H8F2O2S/c1-8(9,10)6-2-4-7(5-3-6)13(11)12/h2-5H,1H3,(H,11,12). The molecule has 0 fully saturated rings. The van der Waals surface area contributed by atoms with E-state index < -0.39 is 17.0 Å². The van der Waals surface area contributed by atoms with Crippen LogP contribution < -0.4 is 0 Å². The molecule has 0 aliphatic heterocycles. The van der Waals surface area contributed by atoms with Crippen molar-refractivity contribution in [1.82, 2.24) is 0 Å². The first-order chi connectivity index (χ1) is 5.91. The Bertz CT molecular complexity index is 316. The molecule has 1 atom stereocenters. The molecule has 0 aliphatic rings. The smallest absolute Gasteiger partial charge is 0.270 e.